The average Bonchev–Trinajstić information content (AvgIpc) is 1.94. The molecule has 0 spiro atoms. The fourth-order valence-electron chi connectivity index (χ4n) is 1.03. The van der Waals surface area contributed by atoms with Crippen LogP contribution in [-0.4, -0.2) is 0 Å². The van der Waals surface area contributed by atoms with Crippen LogP contribution in [-0.2, 0) is 0 Å². The van der Waals surface area contributed by atoms with E-state index in [1.807, 2.05) is 25.1 Å². The Bertz CT molecular complexity index is 251. The second-order valence-corrected chi connectivity index (χ2v) is 3.31. The molecular weight excluding hydrogens is 156 g/mol. The van der Waals surface area contributed by atoms with E-state index >= 15 is 0 Å². The van der Waals surface area contributed by atoms with Gasteiger partial charge >= 0.3 is 0 Å². The maximum Gasteiger partial charge on any atom is 0.0472 e. The summed E-state index contributed by atoms with van der Waals surface area (Å²) in [5.41, 5.74) is 2.30. The number of aryl methyl sites for hydroxylation is 1. The van der Waals surface area contributed by atoms with Crippen molar-refractivity contribution in [1.29, 1.82) is 0 Å². The van der Waals surface area contributed by atoms with Gasteiger partial charge in [-0.2, -0.15) is 0 Å². The second kappa shape index (κ2) is 3.27. The maximum absolute atomic E-state index is 6.07. The lowest BCUT2D eigenvalue weighted by molar-refractivity contribution is 1.14. The fraction of sp³-hybridized carbons (Fsp3) is 0.300. The maximum atomic E-state index is 6.07. The minimum Gasteiger partial charge on any atom is -0.0837 e. The van der Waals surface area contributed by atoms with Crippen LogP contribution in [0.15, 0.2) is 18.2 Å². The SMILES string of the molecule is C[C](C)c1cccc(C)c1Cl. The summed E-state index contributed by atoms with van der Waals surface area (Å²) in [4.78, 5) is 0. The summed E-state index contributed by atoms with van der Waals surface area (Å²) >= 11 is 6.07. The van der Waals surface area contributed by atoms with Gasteiger partial charge in [0.15, 0.2) is 0 Å². The van der Waals surface area contributed by atoms with E-state index in [1.165, 1.54) is 5.92 Å². The zero-order chi connectivity index (χ0) is 8.43. The Hall–Kier alpha value is -0.490. The molecule has 0 aliphatic heterocycles. The number of hydrogen-bond acceptors (Lipinski definition) is 0. The molecule has 0 N–H and O–H groups in total. The van der Waals surface area contributed by atoms with Crippen LogP contribution >= 0.6 is 11.6 Å². The summed E-state index contributed by atoms with van der Waals surface area (Å²) in [5.74, 6) is 1.26. The first-order valence-electron chi connectivity index (χ1n) is 3.68. The molecule has 0 fully saturated rings. The zero-order valence-electron chi connectivity index (χ0n) is 7.11. The van der Waals surface area contributed by atoms with Gasteiger partial charge in [0, 0.05) is 10.9 Å². The number of halogens is 1. The first-order chi connectivity index (χ1) is 5.13. The van der Waals surface area contributed by atoms with Crippen molar-refractivity contribution in [2.45, 2.75) is 20.8 Å². The molecule has 0 atom stereocenters. The van der Waals surface area contributed by atoms with Crippen LogP contribution in [0.2, 0.25) is 5.02 Å². The third kappa shape index (κ3) is 1.75. The van der Waals surface area contributed by atoms with Gasteiger partial charge in [0.2, 0.25) is 0 Å². The zero-order valence-corrected chi connectivity index (χ0v) is 7.87. The van der Waals surface area contributed by atoms with Crippen molar-refractivity contribution in [3.8, 4) is 0 Å². The van der Waals surface area contributed by atoms with Gasteiger partial charge in [0.05, 0.1) is 0 Å². The second-order valence-electron chi connectivity index (χ2n) is 2.94. The van der Waals surface area contributed by atoms with Gasteiger partial charge in [-0.1, -0.05) is 43.6 Å². The van der Waals surface area contributed by atoms with E-state index in [9.17, 15) is 0 Å². The lowest BCUT2D eigenvalue weighted by Gasteiger charge is -2.08. The largest absolute Gasteiger partial charge is 0.0837 e. The predicted molar refractivity (Wildman–Crippen MR) is 49.9 cm³/mol. The molecule has 0 aromatic heterocycles. The molecule has 1 radical (unpaired) electrons. The molecule has 0 aliphatic rings. The summed E-state index contributed by atoms with van der Waals surface area (Å²) < 4.78 is 0. The normalized spacial score (nSPS) is 10.6. The quantitative estimate of drug-likeness (QED) is 0.600. The Kier molecular flexibility index (Phi) is 2.56. The molecule has 1 heteroatoms. The van der Waals surface area contributed by atoms with Crippen LogP contribution in [0.5, 0.6) is 0 Å². The van der Waals surface area contributed by atoms with Gasteiger partial charge in [-0.25, -0.2) is 0 Å². The van der Waals surface area contributed by atoms with Crippen LogP contribution in [0.4, 0.5) is 0 Å². The highest BCUT2D eigenvalue weighted by Crippen LogP contribution is 2.25. The average molecular weight is 168 g/mol. The highest BCUT2D eigenvalue weighted by Gasteiger charge is 2.05. The minimum absolute atomic E-state index is 0.882. The highest BCUT2D eigenvalue weighted by atomic mass is 35.5. The lowest BCUT2D eigenvalue weighted by Crippen LogP contribution is -1.90. The van der Waals surface area contributed by atoms with Crippen LogP contribution in [0.25, 0.3) is 0 Å². The van der Waals surface area contributed by atoms with E-state index < -0.39 is 0 Å². The van der Waals surface area contributed by atoms with E-state index in [0.717, 1.165) is 16.1 Å². The van der Waals surface area contributed by atoms with Gasteiger partial charge in [-0.15, -0.1) is 0 Å². The first kappa shape index (κ1) is 8.61. The number of benzene rings is 1. The Morgan fingerprint density at radius 2 is 1.91 bits per heavy atom. The van der Waals surface area contributed by atoms with Crippen LogP contribution < -0.4 is 0 Å². The molecular formula is C10H12Cl. The molecule has 0 aliphatic carbocycles. The van der Waals surface area contributed by atoms with E-state index in [0.29, 0.717) is 0 Å². The highest BCUT2D eigenvalue weighted by molar-refractivity contribution is 6.32. The van der Waals surface area contributed by atoms with E-state index in [4.69, 9.17) is 11.6 Å². The van der Waals surface area contributed by atoms with E-state index in [-0.39, 0.29) is 0 Å². The lowest BCUT2D eigenvalue weighted by atomic mass is 10.0. The molecule has 0 saturated heterocycles. The summed E-state index contributed by atoms with van der Waals surface area (Å²) in [6, 6.07) is 6.10. The minimum atomic E-state index is 0.882. The molecule has 0 nitrogen and oxygen atoms in total. The Balaban J connectivity index is 3.17. The van der Waals surface area contributed by atoms with Crippen molar-refractivity contribution in [3.05, 3.63) is 40.3 Å². The summed E-state index contributed by atoms with van der Waals surface area (Å²) in [6.07, 6.45) is 0. The molecule has 0 bridgehead atoms. The van der Waals surface area contributed by atoms with Gasteiger partial charge in [-0.3, -0.25) is 0 Å². The van der Waals surface area contributed by atoms with Crippen molar-refractivity contribution >= 4 is 11.6 Å². The van der Waals surface area contributed by atoms with Crippen molar-refractivity contribution in [2.75, 3.05) is 0 Å². The summed E-state index contributed by atoms with van der Waals surface area (Å²) in [6.45, 7) is 6.16. The van der Waals surface area contributed by atoms with Crippen molar-refractivity contribution < 1.29 is 0 Å². The third-order valence-electron chi connectivity index (χ3n) is 1.73. The molecule has 59 valence electrons. The molecule has 0 heterocycles. The molecule has 0 amide bonds. The number of rotatable bonds is 1. The van der Waals surface area contributed by atoms with Crippen LogP contribution in [0.3, 0.4) is 0 Å². The standard InChI is InChI=1S/C10H12Cl/c1-7(2)9-6-4-5-8(3)10(9)11/h4-6H,1-3H3. The molecule has 1 aromatic carbocycles. The van der Waals surface area contributed by atoms with E-state index in [1.54, 1.807) is 0 Å². The van der Waals surface area contributed by atoms with Crippen LogP contribution in [0, 0.1) is 12.8 Å². The molecule has 11 heavy (non-hydrogen) atoms. The first-order valence-corrected chi connectivity index (χ1v) is 4.06. The van der Waals surface area contributed by atoms with E-state index in [2.05, 4.69) is 13.8 Å². The molecule has 1 aromatic rings. The summed E-state index contributed by atoms with van der Waals surface area (Å²) in [7, 11) is 0. The van der Waals surface area contributed by atoms with Crippen molar-refractivity contribution in [1.82, 2.24) is 0 Å². The smallest absolute Gasteiger partial charge is 0.0472 e. The number of hydrogen-bond donors (Lipinski definition) is 0. The molecule has 1 rings (SSSR count). The predicted octanol–water partition coefficient (Wildman–Crippen LogP) is 3.61. The molecule has 0 saturated carbocycles. The monoisotopic (exact) mass is 167 g/mol. The Morgan fingerprint density at radius 1 is 1.27 bits per heavy atom. The van der Waals surface area contributed by atoms with Crippen molar-refractivity contribution in [2.24, 2.45) is 0 Å². The van der Waals surface area contributed by atoms with Crippen LogP contribution in [0.1, 0.15) is 25.0 Å². The summed E-state index contributed by atoms with van der Waals surface area (Å²) in [5, 5.41) is 0.882. The Labute approximate surface area is 73.2 Å². The molecule has 0 unspecified atom stereocenters. The van der Waals surface area contributed by atoms with Gasteiger partial charge in [-0.05, 0) is 18.1 Å². The third-order valence-corrected chi connectivity index (χ3v) is 2.23. The Morgan fingerprint density at radius 3 is 2.36 bits per heavy atom. The van der Waals surface area contributed by atoms with Gasteiger partial charge in [0.25, 0.3) is 0 Å². The van der Waals surface area contributed by atoms with Gasteiger partial charge < -0.3 is 0 Å². The topological polar surface area (TPSA) is 0 Å². The van der Waals surface area contributed by atoms with Gasteiger partial charge in [0.1, 0.15) is 0 Å². The van der Waals surface area contributed by atoms with Crippen molar-refractivity contribution in [3.63, 3.8) is 0 Å². The fourth-order valence-corrected chi connectivity index (χ4v) is 1.35.